The van der Waals surface area contributed by atoms with E-state index < -0.39 is 24.3 Å². The molecule has 1 aromatic rings. The summed E-state index contributed by atoms with van der Waals surface area (Å²) >= 11 is 0. The lowest BCUT2D eigenvalue weighted by Crippen LogP contribution is -2.53. The number of anilines is 1. The first kappa shape index (κ1) is 27.5. The van der Waals surface area contributed by atoms with Gasteiger partial charge in [0.15, 0.2) is 0 Å². The van der Waals surface area contributed by atoms with Crippen molar-refractivity contribution < 1.29 is 34.5 Å². The molecule has 1 aliphatic rings. The van der Waals surface area contributed by atoms with Crippen LogP contribution in [0.4, 0.5) is 20.1 Å². The molecule has 1 unspecified atom stereocenters. The Morgan fingerprint density at radius 3 is 1.94 bits per heavy atom. The molecule has 0 aromatic heterocycles. The van der Waals surface area contributed by atoms with Crippen molar-refractivity contribution in [3.8, 4) is 0 Å². The van der Waals surface area contributed by atoms with Gasteiger partial charge in [-0.3, -0.25) is 9.69 Å². The molecule has 0 aliphatic carbocycles. The second-order valence-electron chi connectivity index (χ2n) is 8.39. The Morgan fingerprint density at radius 1 is 0.886 bits per heavy atom. The molecule has 4 amide bonds. The highest BCUT2D eigenvalue weighted by Crippen LogP contribution is 2.11. The minimum absolute atomic E-state index is 0.0314. The molecule has 1 saturated heterocycles. The number of para-hydroxylation sites is 1. The molecule has 0 saturated carbocycles. The maximum Gasteiger partial charge on any atom is 0.407 e. The maximum atomic E-state index is 12.6. The number of hydrogen-bond donors (Lipinski definition) is 5. The number of benzene rings is 1. The van der Waals surface area contributed by atoms with Gasteiger partial charge in [-0.15, -0.1) is 0 Å². The molecular weight excluding hydrogens is 460 g/mol. The number of rotatable bonds is 5. The topological polar surface area (TPSA) is 180 Å². The van der Waals surface area contributed by atoms with Gasteiger partial charge in [-0.1, -0.05) is 18.2 Å². The minimum Gasteiger partial charge on any atom is -0.465 e. The number of hydrogen-bond acceptors (Lipinski definition) is 6. The highest BCUT2D eigenvalue weighted by Gasteiger charge is 2.26. The summed E-state index contributed by atoms with van der Waals surface area (Å²) in [7, 11) is 0. The molecule has 0 bridgehead atoms. The molecule has 6 N–H and O–H groups in total. The second-order valence-corrected chi connectivity index (χ2v) is 8.39. The number of nitrogens with two attached hydrogens (primary N) is 1. The third-order valence-corrected chi connectivity index (χ3v) is 5.97. The van der Waals surface area contributed by atoms with Crippen molar-refractivity contribution in [1.82, 2.24) is 24.9 Å². The van der Waals surface area contributed by atoms with Gasteiger partial charge in [-0.05, 0) is 25.0 Å². The van der Waals surface area contributed by atoms with Crippen LogP contribution in [0, 0.1) is 0 Å². The van der Waals surface area contributed by atoms with Gasteiger partial charge in [0.25, 0.3) is 0 Å². The van der Waals surface area contributed by atoms with Crippen molar-refractivity contribution in [2.45, 2.75) is 19.4 Å². The molecule has 0 spiro atoms. The Hall–Kier alpha value is -3.74. The van der Waals surface area contributed by atoms with Crippen molar-refractivity contribution in [2.75, 3.05) is 64.6 Å². The number of carbonyl (C=O) groups excluding carboxylic acids is 1. The van der Waals surface area contributed by atoms with E-state index in [4.69, 9.17) is 5.73 Å². The van der Waals surface area contributed by atoms with Gasteiger partial charge in [0.2, 0.25) is 5.91 Å². The average Bonchev–Trinajstić information content (AvgIpc) is 2.78. The number of carboxylic acid groups (broad SMARTS) is 3. The van der Waals surface area contributed by atoms with Crippen molar-refractivity contribution in [3.63, 3.8) is 0 Å². The van der Waals surface area contributed by atoms with E-state index >= 15 is 0 Å². The van der Waals surface area contributed by atoms with Gasteiger partial charge in [0, 0.05) is 64.1 Å². The molecule has 13 heteroatoms. The molecule has 35 heavy (non-hydrogen) atoms. The van der Waals surface area contributed by atoms with Crippen LogP contribution in [0.1, 0.15) is 12.5 Å². The summed E-state index contributed by atoms with van der Waals surface area (Å²) in [5.74, 6) is -0.278. The molecule has 1 heterocycles. The van der Waals surface area contributed by atoms with Crippen LogP contribution in [0.15, 0.2) is 24.3 Å². The van der Waals surface area contributed by atoms with E-state index in [9.17, 15) is 34.5 Å². The number of carbonyl (C=O) groups is 4. The van der Waals surface area contributed by atoms with Gasteiger partial charge >= 0.3 is 18.3 Å². The summed E-state index contributed by atoms with van der Waals surface area (Å²) in [5, 5.41) is 31.3. The van der Waals surface area contributed by atoms with E-state index in [0.717, 1.165) is 20.3 Å². The Labute approximate surface area is 203 Å². The lowest BCUT2D eigenvalue weighted by molar-refractivity contribution is -0.122. The summed E-state index contributed by atoms with van der Waals surface area (Å²) in [6, 6.07) is 6.94. The molecule has 1 atom stereocenters. The van der Waals surface area contributed by atoms with Crippen LogP contribution < -0.4 is 11.1 Å². The fraction of sp³-hybridized carbons (Fsp3) is 0.545. The minimum atomic E-state index is -1.25. The quantitative estimate of drug-likeness (QED) is 0.366. The smallest absolute Gasteiger partial charge is 0.407 e. The first-order valence-electron chi connectivity index (χ1n) is 11.4. The molecule has 2 rings (SSSR count). The van der Waals surface area contributed by atoms with Crippen molar-refractivity contribution in [2.24, 2.45) is 0 Å². The number of nitrogens with zero attached hydrogens (tertiary/aromatic N) is 4. The SMILES string of the molecule is CC1CN(C(=O)O)CCN(C(=O)O)CCN(C(=O)O)CCN1CC(=O)NCCc1ccccc1N. The number of amides is 4. The predicted molar refractivity (Wildman–Crippen MR) is 127 cm³/mol. The highest BCUT2D eigenvalue weighted by atomic mass is 16.4. The Morgan fingerprint density at radius 2 is 1.40 bits per heavy atom. The first-order valence-corrected chi connectivity index (χ1v) is 11.4. The average molecular weight is 495 g/mol. The fourth-order valence-electron chi connectivity index (χ4n) is 3.83. The Bertz CT molecular complexity index is 899. The van der Waals surface area contributed by atoms with Crippen LogP contribution in [0.25, 0.3) is 0 Å². The predicted octanol–water partition coefficient (Wildman–Crippen LogP) is 0.572. The zero-order chi connectivity index (χ0) is 26.0. The van der Waals surface area contributed by atoms with E-state index in [0.29, 0.717) is 18.7 Å². The van der Waals surface area contributed by atoms with E-state index in [1.165, 1.54) is 0 Å². The van der Waals surface area contributed by atoms with E-state index in [1.807, 2.05) is 18.2 Å². The van der Waals surface area contributed by atoms with Crippen LogP contribution in [0.3, 0.4) is 0 Å². The summed E-state index contributed by atoms with van der Waals surface area (Å²) < 4.78 is 0. The molecule has 0 radical (unpaired) electrons. The van der Waals surface area contributed by atoms with Crippen LogP contribution in [0.2, 0.25) is 0 Å². The van der Waals surface area contributed by atoms with Crippen molar-refractivity contribution in [3.05, 3.63) is 29.8 Å². The first-order chi connectivity index (χ1) is 16.6. The molecule has 1 aromatic carbocycles. The summed E-state index contributed by atoms with van der Waals surface area (Å²) in [6.45, 7) is 1.98. The standard InChI is InChI=1S/C22H34N6O7/c1-16-14-28(22(34)35)13-11-26(21(32)33)9-8-25(20(30)31)10-12-27(16)15-19(29)24-7-6-17-4-2-3-5-18(17)23/h2-5,16H,6-15,23H2,1H3,(H,24,29)(H,30,31)(H,32,33)(H,34,35). The summed E-state index contributed by atoms with van der Waals surface area (Å²) in [5.41, 5.74) is 7.48. The summed E-state index contributed by atoms with van der Waals surface area (Å²) in [6.07, 6.45) is -3.09. The second kappa shape index (κ2) is 13.2. The van der Waals surface area contributed by atoms with Gasteiger partial charge in [0.1, 0.15) is 0 Å². The zero-order valence-electron chi connectivity index (χ0n) is 19.8. The monoisotopic (exact) mass is 494 g/mol. The zero-order valence-corrected chi connectivity index (χ0v) is 19.8. The van der Waals surface area contributed by atoms with Crippen LogP contribution >= 0.6 is 0 Å². The number of nitrogens with one attached hydrogen (secondary N) is 1. The third kappa shape index (κ3) is 8.85. The lowest BCUT2D eigenvalue weighted by atomic mass is 10.1. The van der Waals surface area contributed by atoms with Crippen LogP contribution in [-0.4, -0.2) is 124 Å². The van der Waals surface area contributed by atoms with Gasteiger partial charge in [-0.25, -0.2) is 14.4 Å². The van der Waals surface area contributed by atoms with Crippen molar-refractivity contribution in [1.29, 1.82) is 0 Å². The fourth-order valence-corrected chi connectivity index (χ4v) is 3.83. The molecule has 194 valence electrons. The normalized spacial score (nSPS) is 18.3. The van der Waals surface area contributed by atoms with Gasteiger partial charge in [-0.2, -0.15) is 0 Å². The molecular formula is C22H34N6O7. The number of nitrogen functional groups attached to an aromatic ring is 1. The van der Waals surface area contributed by atoms with E-state index in [1.54, 1.807) is 17.9 Å². The molecule has 1 fully saturated rings. The van der Waals surface area contributed by atoms with Crippen LogP contribution in [-0.2, 0) is 11.2 Å². The van der Waals surface area contributed by atoms with Gasteiger partial charge in [0.05, 0.1) is 6.54 Å². The maximum absolute atomic E-state index is 12.6. The summed E-state index contributed by atoms with van der Waals surface area (Å²) in [4.78, 5) is 52.5. The van der Waals surface area contributed by atoms with E-state index in [2.05, 4.69) is 5.32 Å². The highest BCUT2D eigenvalue weighted by molar-refractivity contribution is 5.78. The van der Waals surface area contributed by atoms with Crippen molar-refractivity contribution >= 4 is 29.9 Å². The van der Waals surface area contributed by atoms with Gasteiger partial charge < -0.3 is 41.1 Å². The largest absolute Gasteiger partial charge is 0.465 e. The molecule has 1 aliphatic heterocycles. The Balaban J connectivity index is 2.07. The van der Waals surface area contributed by atoms with E-state index in [-0.39, 0.29) is 58.3 Å². The third-order valence-electron chi connectivity index (χ3n) is 5.97. The molecule has 13 nitrogen and oxygen atoms in total. The Kier molecular flexibility index (Phi) is 10.4. The lowest BCUT2D eigenvalue weighted by Gasteiger charge is -2.35. The van der Waals surface area contributed by atoms with Crippen LogP contribution in [0.5, 0.6) is 0 Å².